The van der Waals surface area contributed by atoms with Gasteiger partial charge in [0.2, 0.25) is 11.8 Å². The number of carbonyl (C=O) groups is 1. The summed E-state index contributed by atoms with van der Waals surface area (Å²) in [5.74, 6) is -0.107. The van der Waals surface area contributed by atoms with Gasteiger partial charge in [0, 0.05) is 12.6 Å². The van der Waals surface area contributed by atoms with Crippen LogP contribution in [0, 0.1) is 17.0 Å². The molecule has 2 N–H and O–H groups in total. The third-order valence-corrected chi connectivity index (χ3v) is 3.63. The van der Waals surface area contributed by atoms with E-state index in [1.54, 1.807) is 19.1 Å². The van der Waals surface area contributed by atoms with Gasteiger partial charge in [-0.15, -0.1) is 5.10 Å². The van der Waals surface area contributed by atoms with Crippen LogP contribution in [-0.2, 0) is 16.1 Å². The molecule has 0 unspecified atom stereocenters. The Morgan fingerprint density at radius 1 is 1.19 bits per heavy atom. The van der Waals surface area contributed by atoms with Gasteiger partial charge in [0.05, 0.1) is 11.5 Å². The molecular weight excluding hydrogens is 348 g/mol. The van der Waals surface area contributed by atoms with E-state index in [4.69, 9.17) is 4.74 Å². The Morgan fingerprint density at radius 3 is 2.56 bits per heavy atom. The van der Waals surface area contributed by atoms with E-state index in [0.29, 0.717) is 13.2 Å². The van der Waals surface area contributed by atoms with Gasteiger partial charge in [-0.2, -0.15) is 0 Å². The number of rotatable bonds is 8. The molecule has 0 radical (unpaired) electrons. The van der Waals surface area contributed by atoms with Crippen molar-refractivity contribution in [3.63, 3.8) is 0 Å². The summed E-state index contributed by atoms with van der Waals surface area (Å²) in [7, 11) is 0. The molecule has 0 aliphatic carbocycles. The average molecular weight is 370 g/mol. The summed E-state index contributed by atoms with van der Waals surface area (Å²) in [6.07, 6.45) is -0.0761. The van der Waals surface area contributed by atoms with Crippen LogP contribution in [0.15, 0.2) is 53.6 Å². The van der Waals surface area contributed by atoms with Crippen molar-refractivity contribution in [2.75, 3.05) is 12.0 Å². The maximum absolute atomic E-state index is 12.1. The zero-order valence-electron chi connectivity index (χ0n) is 15.3. The van der Waals surface area contributed by atoms with E-state index in [1.807, 2.05) is 31.2 Å². The SMILES string of the molecule is CCO/C(CC(=O)NCc1ccc(C)cc1)=N\Nc1ccccc1[N+](=O)[O-]. The van der Waals surface area contributed by atoms with Gasteiger partial charge in [-0.3, -0.25) is 20.3 Å². The number of nitrogens with one attached hydrogen (secondary N) is 2. The molecule has 0 spiro atoms. The predicted molar refractivity (Wildman–Crippen MR) is 103 cm³/mol. The standard InChI is InChI=1S/C19H22N4O4/c1-3-27-19(22-21-16-6-4-5-7-17(16)23(25)26)12-18(24)20-13-15-10-8-14(2)9-11-15/h4-11,21H,3,12-13H2,1-2H3,(H,20,24)/b22-19-. The van der Waals surface area contributed by atoms with Gasteiger partial charge >= 0.3 is 0 Å². The number of amides is 1. The molecule has 2 aromatic rings. The van der Waals surface area contributed by atoms with Crippen molar-refractivity contribution < 1.29 is 14.5 Å². The van der Waals surface area contributed by atoms with E-state index < -0.39 is 4.92 Å². The maximum atomic E-state index is 12.1. The summed E-state index contributed by atoms with van der Waals surface area (Å²) < 4.78 is 5.36. The van der Waals surface area contributed by atoms with Gasteiger partial charge in [-0.1, -0.05) is 42.0 Å². The van der Waals surface area contributed by atoms with E-state index in [0.717, 1.165) is 11.1 Å². The van der Waals surface area contributed by atoms with Crippen molar-refractivity contribution in [3.8, 4) is 0 Å². The smallest absolute Gasteiger partial charge is 0.294 e. The number of hydrazone groups is 1. The van der Waals surface area contributed by atoms with Crippen molar-refractivity contribution in [3.05, 3.63) is 69.8 Å². The lowest BCUT2D eigenvalue weighted by Gasteiger charge is -2.09. The molecule has 27 heavy (non-hydrogen) atoms. The molecule has 0 heterocycles. The van der Waals surface area contributed by atoms with E-state index in [1.165, 1.54) is 12.1 Å². The summed E-state index contributed by atoms with van der Waals surface area (Å²) in [6, 6.07) is 14.0. The summed E-state index contributed by atoms with van der Waals surface area (Å²) in [5, 5.41) is 17.8. The van der Waals surface area contributed by atoms with Gasteiger partial charge in [0.15, 0.2) is 0 Å². The van der Waals surface area contributed by atoms with Gasteiger partial charge in [-0.25, -0.2) is 0 Å². The molecule has 8 heteroatoms. The fraction of sp³-hybridized carbons (Fsp3) is 0.263. The Kier molecular flexibility index (Phi) is 7.30. The summed E-state index contributed by atoms with van der Waals surface area (Å²) in [4.78, 5) is 22.7. The zero-order chi connectivity index (χ0) is 19.6. The Morgan fingerprint density at radius 2 is 1.89 bits per heavy atom. The van der Waals surface area contributed by atoms with Gasteiger partial charge < -0.3 is 10.1 Å². The lowest BCUT2D eigenvalue weighted by atomic mass is 10.1. The van der Waals surface area contributed by atoms with Crippen LogP contribution < -0.4 is 10.7 Å². The van der Waals surface area contributed by atoms with Crippen molar-refractivity contribution in [2.45, 2.75) is 26.8 Å². The summed E-state index contributed by atoms with van der Waals surface area (Å²) in [5.41, 5.74) is 4.86. The molecule has 0 aliphatic rings. The van der Waals surface area contributed by atoms with Crippen molar-refractivity contribution in [1.82, 2.24) is 5.32 Å². The van der Waals surface area contributed by atoms with E-state index in [2.05, 4.69) is 15.8 Å². The Labute approximate surface area is 157 Å². The first-order valence-corrected chi connectivity index (χ1v) is 8.50. The van der Waals surface area contributed by atoms with Crippen LogP contribution >= 0.6 is 0 Å². The van der Waals surface area contributed by atoms with Crippen LogP contribution in [0.25, 0.3) is 0 Å². The Bertz CT molecular complexity index is 819. The number of anilines is 1. The third kappa shape index (κ3) is 6.43. The molecule has 0 fully saturated rings. The Balaban J connectivity index is 1.97. The fourth-order valence-electron chi connectivity index (χ4n) is 2.25. The number of carbonyl (C=O) groups excluding carboxylic acids is 1. The molecule has 2 rings (SSSR count). The first kappa shape index (κ1) is 19.9. The fourth-order valence-corrected chi connectivity index (χ4v) is 2.25. The van der Waals surface area contributed by atoms with Gasteiger partial charge in [-0.05, 0) is 25.5 Å². The number of benzene rings is 2. The molecule has 8 nitrogen and oxygen atoms in total. The number of ether oxygens (including phenoxy) is 1. The quantitative estimate of drug-likeness (QED) is 0.321. The lowest BCUT2D eigenvalue weighted by Crippen LogP contribution is -2.26. The molecule has 0 bridgehead atoms. The second kappa shape index (κ2) is 9.91. The molecule has 142 valence electrons. The number of nitro groups is 1. The highest BCUT2D eigenvalue weighted by Gasteiger charge is 2.13. The van der Waals surface area contributed by atoms with Crippen LogP contribution in [0.1, 0.15) is 24.5 Å². The van der Waals surface area contributed by atoms with Crippen LogP contribution in [0.2, 0.25) is 0 Å². The van der Waals surface area contributed by atoms with Crippen LogP contribution in [-0.4, -0.2) is 23.3 Å². The van der Waals surface area contributed by atoms with E-state index in [9.17, 15) is 14.9 Å². The van der Waals surface area contributed by atoms with Gasteiger partial charge in [0.25, 0.3) is 5.69 Å². The van der Waals surface area contributed by atoms with E-state index in [-0.39, 0.29) is 29.6 Å². The highest BCUT2D eigenvalue weighted by molar-refractivity contribution is 5.97. The van der Waals surface area contributed by atoms with Crippen molar-refractivity contribution in [2.24, 2.45) is 5.10 Å². The number of hydrogen-bond donors (Lipinski definition) is 2. The third-order valence-electron chi connectivity index (χ3n) is 3.63. The van der Waals surface area contributed by atoms with Crippen molar-refractivity contribution in [1.29, 1.82) is 0 Å². The molecule has 1 amide bonds. The first-order chi connectivity index (χ1) is 13.0. The number of nitro benzene ring substituents is 1. The minimum Gasteiger partial charge on any atom is -0.480 e. The molecule has 0 atom stereocenters. The van der Waals surface area contributed by atoms with E-state index >= 15 is 0 Å². The van der Waals surface area contributed by atoms with Gasteiger partial charge in [0.1, 0.15) is 12.1 Å². The molecule has 0 aliphatic heterocycles. The predicted octanol–water partition coefficient (Wildman–Crippen LogP) is 3.37. The summed E-state index contributed by atoms with van der Waals surface area (Å²) >= 11 is 0. The van der Waals surface area contributed by atoms with Crippen molar-refractivity contribution >= 4 is 23.2 Å². The molecule has 0 saturated carbocycles. The largest absolute Gasteiger partial charge is 0.480 e. The number of hydrogen-bond acceptors (Lipinski definition) is 6. The molecule has 0 aromatic heterocycles. The highest BCUT2D eigenvalue weighted by atomic mass is 16.6. The normalized spacial score (nSPS) is 11.0. The second-order valence-electron chi connectivity index (χ2n) is 5.76. The summed E-state index contributed by atoms with van der Waals surface area (Å²) in [6.45, 7) is 4.49. The minimum atomic E-state index is -0.507. The second-order valence-corrected chi connectivity index (χ2v) is 5.76. The molecule has 0 saturated heterocycles. The van der Waals surface area contributed by atoms with Crippen LogP contribution in [0.5, 0.6) is 0 Å². The highest BCUT2D eigenvalue weighted by Crippen LogP contribution is 2.23. The topological polar surface area (TPSA) is 106 Å². The maximum Gasteiger partial charge on any atom is 0.294 e. The zero-order valence-corrected chi connectivity index (χ0v) is 15.3. The average Bonchev–Trinajstić information content (AvgIpc) is 2.66. The monoisotopic (exact) mass is 370 g/mol. The Hall–Kier alpha value is -3.42. The van der Waals surface area contributed by atoms with Crippen LogP contribution in [0.3, 0.4) is 0 Å². The minimum absolute atomic E-state index is 0.0761. The van der Waals surface area contributed by atoms with Crippen LogP contribution in [0.4, 0.5) is 11.4 Å². The number of aryl methyl sites for hydroxylation is 1. The number of para-hydroxylation sites is 2. The molecular formula is C19H22N4O4. The number of nitrogens with zero attached hydrogens (tertiary/aromatic N) is 2. The lowest BCUT2D eigenvalue weighted by molar-refractivity contribution is -0.384. The molecule has 2 aromatic carbocycles. The first-order valence-electron chi connectivity index (χ1n) is 8.50.